The second-order valence-corrected chi connectivity index (χ2v) is 5.78. The number of hydrogen-bond acceptors (Lipinski definition) is 2. The zero-order valence-electron chi connectivity index (χ0n) is 11.0. The average Bonchev–Trinajstić information content (AvgIpc) is 2.86. The van der Waals surface area contributed by atoms with Gasteiger partial charge in [0.05, 0.1) is 12.5 Å². The lowest BCUT2D eigenvalue weighted by molar-refractivity contribution is -0.146. The first-order valence-corrected chi connectivity index (χ1v) is 7.50. The number of halogens is 2. The zero-order chi connectivity index (χ0) is 13.8. The summed E-state index contributed by atoms with van der Waals surface area (Å²) in [5.41, 5.74) is 0.844. The van der Waals surface area contributed by atoms with Gasteiger partial charge in [0.2, 0.25) is 0 Å². The Morgan fingerprint density at radius 2 is 2.05 bits per heavy atom. The Kier molecular flexibility index (Phi) is 5.12. The summed E-state index contributed by atoms with van der Waals surface area (Å²) in [5, 5.41) is 1.14. The van der Waals surface area contributed by atoms with E-state index in [0.29, 0.717) is 22.6 Å². The fraction of sp³-hybridized carbons (Fsp3) is 0.533. The van der Waals surface area contributed by atoms with Crippen molar-refractivity contribution in [2.45, 2.75) is 38.5 Å². The van der Waals surface area contributed by atoms with Crippen molar-refractivity contribution in [1.29, 1.82) is 0 Å². The molecule has 1 atom stereocenters. The van der Waals surface area contributed by atoms with E-state index in [2.05, 4.69) is 0 Å². The highest BCUT2D eigenvalue weighted by atomic mass is 35.5. The summed E-state index contributed by atoms with van der Waals surface area (Å²) < 4.78 is 5.23. The molecule has 4 heteroatoms. The average molecular weight is 301 g/mol. The van der Waals surface area contributed by atoms with Crippen molar-refractivity contribution in [3.8, 4) is 0 Å². The minimum absolute atomic E-state index is 0.168. The minimum atomic E-state index is -0.257. The van der Waals surface area contributed by atoms with Crippen LogP contribution in [0.15, 0.2) is 18.2 Å². The van der Waals surface area contributed by atoms with Crippen LogP contribution in [0.1, 0.15) is 44.1 Å². The van der Waals surface area contributed by atoms with E-state index in [1.54, 1.807) is 12.1 Å². The fourth-order valence-electron chi connectivity index (χ4n) is 2.85. The predicted octanol–water partition coefficient (Wildman–Crippen LogP) is 4.83. The zero-order valence-corrected chi connectivity index (χ0v) is 12.5. The molecule has 1 fully saturated rings. The van der Waals surface area contributed by atoms with E-state index in [9.17, 15) is 4.79 Å². The van der Waals surface area contributed by atoms with Crippen LogP contribution in [0.3, 0.4) is 0 Å². The van der Waals surface area contributed by atoms with Crippen LogP contribution in [-0.4, -0.2) is 12.6 Å². The number of ether oxygens (including phenoxy) is 1. The van der Waals surface area contributed by atoms with E-state index in [-0.39, 0.29) is 11.9 Å². The third kappa shape index (κ3) is 3.43. The predicted molar refractivity (Wildman–Crippen MR) is 77.8 cm³/mol. The maximum absolute atomic E-state index is 12.3. The molecule has 1 aromatic carbocycles. The molecular weight excluding hydrogens is 283 g/mol. The van der Waals surface area contributed by atoms with Crippen molar-refractivity contribution in [3.05, 3.63) is 33.8 Å². The van der Waals surface area contributed by atoms with Crippen molar-refractivity contribution in [3.63, 3.8) is 0 Å². The number of carbonyl (C=O) groups is 1. The lowest BCUT2D eigenvalue weighted by atomic mass is 9.85. The second-order valence-electron chi connectivity index (χ2n) is 4.94. The third-order valence-corrected chi connectivity index (χ3v) is 4.27. The van der Waals surface area contributed by atoms with E-state index in [1.807, 2.05) is 13.0 Å². The van der Waals surface area contributed by atoms with Gasteiger partial charge in [-0.05, 0) is 43.4 Å². The Bertz CT molecular complexity index is 453. The Morgan fingerprint density at radius 1 is 1.37 bits per heavy atom. The molecule has 0 amide bonds. The van der Waals surface area contributed by atoms with Gasteiger partial charge in [-0.3, -0.25) is 4.79 Å². The van der Waals surface area contributed by atoms with Crippen molar-refractivity contribution in [1.82, 2.24) is 0 Å². The van der Waals surface area contributed by atoms with Gasteiger partial charge in [0.15, 0.2) is 0 Å². The van der Waals surface area contributed by atoms with Gasteiger partial charge in [-0.1, -0.05) is 42.1 Å². The van der Waals surface area contributed by atoms with Crippen LogP contribution in [0.2, 0.25) is 10.0 Å². The van der Waals surface area contributed by atoms with E-state index >= 15 is 0 Å². The van der Waals surface area contributed by atoms with Crippen LogP contribution in [0.4, 0.5) is 0 Å². The molecule has 19 heavy (non-hydrogen) atoms. The number of carbonyl (C=O) groups excluding carboxylic acids is 1. The first-order chi connectivity index (χ1) is 9.13. The highest BCUT2D eigenvalue weighted by Crippen LogP contribution is 2.41. The Hall–Kier alpha value is -0.730. The molecule has 2 nitrogen and oxygen atoms in total. The molecule has 1 unspecified atom stereocenters. The molecule has 2 rings (SSSR count). The van der Waals surface area contributed by atoms with Gasteiger partial charge in [-0.25, -0.2) is 0 Å². The summed E-state index contributed by atoms with van der Waals surface area (Å²) >= 11 is 12.2. The molecule has 0 spiro atoms. The van der Waals surface area contributed by atoms with Crippen LogP contribution in [0.5, 0.6) is 0 Å². The highest BCUT2D eigenvalue weighted by Gasteiger charge is 2.34. The topological polar surface area (TPSA) is 26.3 Å². The Balaban J connectivity index is 2.32. The summed E-state index contributed by atoms with van der Waals surface area (Å²) in [6.45, 7) is 2.22. The molecule has 0 aromatic heterocycles. The molecule has 1 saturated carbocycles. The molecule has 0 saturated heterocycles. The SMILES string of the molecule is CCOC(=O)C(c1ccc(Cl)cc1Cl)C1CCCC1. The smallest absolute Gasteiger partial charge is 0.313 e. The third-order valence-electron chi connectivity index (χ3n) is 3.71. The molecule has 0 aliphatic heterocycles. The van der Waals surface area contributed by atoms with Gasteiger partial charge < -0.3 is 4.74 Å². The van der Waals surface area contributed by atoms with E-state index in [4.69, 9.17) is 27.9 Å². The van der Waals surface area contributed by atoms with Crippen LogP contribution in [0, 0.1) is 5.92 Å². The number of esters is 1. The maximum Gasteiger partial charge on any atom is 0.313 e. The molecule has 1 aliphatic rings. The number of hydrogen-bond donors (Lipinski definition) is 0. The van der Waals surface area contributed by atoms with Crippen molar-refractivity contribution < 1.29 is 9.53 Å². The van der Waals surface area contributed by atoms with Crippen LogP contribution >= 0.6 is 23.2 Å². The summed E-state index contributed by atoms with van der Waals surface area (Å²) in [5.74, 6) is -0.0939. The van der Waals surface area contributed by atoms with Crippen molar-refractivity contribution >= 4 is 29.2 Å². The lowest BCUT2D eigenvalue weighted by Crippen LogP contribution is -2.23. The van der Waals surface area contributed by atoms with Crippen LogP contribution in [-0.2, 0) is 9.53 Å². The summed E-state index contributed by atoms with van der Waals surface area (Å²) in [7, 11) is 0. The quantitative estimate of drug-likeness (QED) is 0.744. The van der Waals surface area contributed by atoms with E-state index in [1.165, 1.54) is 12.8 Å². The first kappa shape index (κ1) is 14.7. The normalized spacial score (nSPS) is 17.4. The highest BCUT2D eigenvalue weighted by molar-refractivity contribution is 6.35. The number of benzene rings is 1. The molecule has 0 radical (unpaired) electrons. The van der Waals surface area contributed by atoms with E-state index in [0.717, 1.165) is 18.4 Å². The molecular formula is C15H18Cl2O2. The number of rotatable bonds is 4. The van der Waals surface area contributed by atoms with Crippen molar-refractivity contribution in [2.24, 2.45) is 5.92 Å². The Labute approximate surface area is 124 Å². The molecule has 104 valence electrons. The summed E-state index contributed by atoms with van der Waals surface area (Å²) in [6, 6.07) is 5.33. The maximum atomic E-state index is 12.3. The van der Waals surface area contributed by atoms with Gasteiger partial charge in [0.25, 0.3) is 0 Å². The van der Waals surface area contributed by atoms with Gasteiger partial charge in [-0.2, -0.15) is 0 Å². The molecule has 0 bridgehead atoms. The molecule has 0 heterocycles. The van der Waals surface area contributed by atoms with Gasteiger partial charge >= 0.3 is 5.97 Å². The standard InChI is InChI=1S/C15H18Cl2O2/c1-2-19-15(18)14(10-5-3-4-6-10)12-8-7-11(16)9-13(12)17/h7-10,14H,2-6H2,1H3. The minimum Gasteiger partial charge on any atom is -0.466 e. The van der Waals surface area contributed by atoms with Crippen LogP contribution in [0.25, 0.3) is 0 Å². The lowest BCUT2D eigenvalue weighted by Gasteiger charge is -2.23. The fourth-order valence-corrected chi connectivity index (χ4v) is 3.38. The molecule has 1 aliphatic carbocycles. The second kappa shape index (κ2) is 6.62. The molecule has 1 aromatic rings. The monoisotopic (exact) mass is 300 g/mol. The van der Waals surface area contributed by atoms with Crippen molar-refractivity contribution in [2.75, 3.05) is 6.61 Å². The van der Waals surface area contributed by atoms with Crippen LogP contribution < -0.4 is 0 Å². The van der Waals surface area contributed by atoms with Gasteiger partial charge in [0, 0.05) is 10.0 Å². The van der Waals surface area contributed by atoms with E-state index < -0.39 is 0 Å². The Morgan fingerprint density at radius 3 is 2.63 bits per heavy atom. The summed E-state index contributed by atoms with van der Waals surface area (Å²) in [4.78, 5) is 12.3. The first-order valence-electron chi connectivity index (χ1n) is 6.75. The largest absolute Gasteiger partial charge is 0.466 e. The molecule has 0 N–H and O–H groups in total. The van der Waals surface area contributed by atoms with Gasteiger partial charge in [-0.15, -0.1) is 0 Å². The summed E-state index contributed by atoms with van der Waals surface area (Å²) in [6.07, 6.45) is 4.46. The van der Waals surface area contributed by atoms with Gasteiger partial charge in [0.1, 0.15) is 0 Å².